The van der Waals surface area contributed by atoms with Crippen molar-refractivity contribution in [2.45, 2.75) is 18.6 Å². The number of sulfonamides is 1. The second-order valence-corrected chi connectivity index (χ2v) is 12.4. The van der Waals surface area contributed by atoms with Gasteiger partial charge < -0.3 is 14.6 Å². The lowest BCUT2D eigenvalue weighted by Gasteiger charge is -2.34. The predicted molar refractivity (Wildman–Crippen MR) is 125 cm³/mol. The van der Waals surface area contributed by atoms with E-state index in [9.17, 15) is 23.1 Å². The third-order valence-electron chi connectivity index (χ3n) is 5.54. The van der Waals surface area contributed by atoms with Crippen LogP contribution in [-0.4, -0.2) is 44.7 Å². The first-order valence-electron chi connectivity index (χ1n) is 8.51. The van der Waals surface area contributed by atoms with Crippen LogP contribution in [0.15, 0.2) is 16.5 Å². The Morgan fingerprint density at radius 1 is 1.28 bits per heavy atom. The van der Waals surface area contributed by atoms with Crippen LogP contribution in [0, 0.1) is 34.4 Å². The molecule has 1 aliphatic heterocycles. The zero-order chi connectivity index (χ0) is 21.2. The van der Waals surface area contributed by atoms with Crippen LogP contribution in [0.1, 0.15) is 16.8 Å². The van der Waals surface area contributed by atoms with Gasteiger partial charge in [0.1, 0.15) is 12.2 Å². The van der Waals surface area contributed by atoms with Crippen LogP contribution in [0.25, 0.3) is 0 Å². The van der Waals surface area contributed by atoms with Crippen molar-refractivity contribution in [3.05, 3.63) is 28.4 Å². The molecule has 8 nitrogen and oxygen atoms in total. The SMILES string of the molecule is CS(=O)(=O)/N=C(/[O-])C1C2CC3C(OC(=O)C31)C2OC(=O)c1cc(I)cc(I)c1I. The fourth-order valence-electron chi connectivity index (χ4n) is 4.60. The predicted octanol–water partition coefficient (Wildman–Crippen LogP) is 1.55. The van der Waals surface area contributed by atoms with E-state index < -0.39 is 57.8 Å². The highest BCUT2D eigenvalue weighted by atomic mass is 127. The lowest BCUT2D eigenvalue weighted by molar-refractivity contribution is -0.227. The van der Waals surface area contributed by atoms with Gasteiger partial charge in [-0.3, -0.25) is 4.79 Å². The van der Waals surface area contributed by atoms with Crippen LogP contribution in [0.3, 0.4) is 0 Å². The number of hydrogen-bond donors (Lipinski definition) is 0. The monoisotopic (exact) mass is 756 g/mol. The number of halogens is 3. The van der Waals surface area contributed by atoms with Crippen LogP contribution in [-0.2, 0) is 24.3 Å². The summed E-state index contributed by atoms with van der Waals surface area (Å²) < 4.78 is 39.8. The summed E-state index contributed by atoms with van der Waals surface area (Å²) in [5.41, 5.74) is 0.397. The molecule has 1 heterocycles. The van der Waals surface area contributed by atoms with Gasteiger partial charge in [0.25, 0.3) is 0 Å². The third kappa shape index (κ3) is 3.90. The standard InChI is InChI=1S/C17H14I3NO7S/c1-29(25,26)21-15(22)10-6-4-7-11(10)17(24)28-14(7)13(6)27-16(23)8-2-5(18)3-9(19)12(8)20/h2-3,6-7,10-11,13-14H,4H2,1H3,(H,21,22)/p-1. The number of carbonyl (C=O) groups is 2. The molecule has 3 aliphatic rings. The van der Waals surface area contributed by atoms with Crippen LogP contribution < -0.4 is 5.11 Å². The molecule has 1 saturated heterocycles. The fourth-order valence-corrected chi connectivity index (χ4v) is 7.42. The molecule has 156 valence electrons. The van der Waals surface area contributed by atoms with E-state index in [1.165, 1.54) is 0 Å². The Kier molecular flexibility index (Phi) is 5.85. The Bertz CT molecular complexity index is 1060. The highest BCUT2D eigenvalue weighted by Crippen LogP contribution is 2.58. The van der Waals surface area contributed by atoms with Crippen LogP contribution >= 0.6 is 67.8 Å². The molecule has 3 fully saturated rings. The summed E-state index contributed by atoms with van der Waals surface area (Å²) >= 11 is 6.31. The molecule has 6 atom stereocenters. The molecule has 29 heavy (non-hydrogen) atoms. The summed E-state index contributed by atoms with van der Waals surface area (Å²) in [7, 11) is -3.90. The van der Waals surface area contributed by atoms with Crippen LogP contribution in [0.5, 0.6) is 0 Å². The highest BCUT2D eigenvalue weighted by Gasteiger charge is 2.68. The molecular formula is C17H13I3NO7S-. The molecule has 0 aromatic heterocycles. The quantitative estimate of drug-likeness (QED) is 0.150. The topological polar surface area (TPSA) is 122 Å². The van der Waals surface area contributed by atoms with E-state index in [-0.39, 0.29) is 5.92 Å². The maximum absolute atomic E-state index is 12.9. The van der Waals surface area contributed by atoms with Crippen molar-refractivity contribution in [3.8, 4) is 0 Å². The lowest BCUT2D eigenvalue weighted by Crippen LogP contribution is -2.46. The first-order valence-corrected chi connectivity index (χ1v) is 13.6. The molecular weight excluding hydrogens is 743 g/mol. The van der Waals surface area contributed by atoms with Crippen molar-refractivity contribution in [2.24, 2.45) is 28.1 Å². The fraction of sp³-hybridized carbons (Fsp3) is 0.471. The lowest BCUT2D eigenvalue weighted by atomic mass is 9.78. The number of hydrogen-bond acceptors (Lipinski definition) is 7. The first kappa shape index (κ1) is 22.0. The Balaban J connectivity index is 1.65. The van der Waals surface area contributed by atoms with E-state index in [4.69, 9.17) is 9.47 Å². The van der Waals surface area contributed by atoms with Crippen molar-refractivity contribution in [3.63, 3.8) is 0 Å². The molecule has 0 N–H and O–H groups in total. The van der Waals surface area contributed by atoms with Crippen molar-refractivity contribution < 1.29 is 32.6 Å². The van der Waals surface area contributed by atoms with E-state index >= 15 is 0 Å². The second kappa shape index (κ2) is 7.72. The van der Waals surface area contributed by atoms with Gasteiger partial charge in [-0.05, 0) is 92.2 Å². The Labute approximate surface area is 207 Å². The molecule has 2 aliphatic carbocycles. The molecule has 4 rings (SSSR count). The summed E-state index contributed by atoms with van der Waals surface area (Å²) in [5.74, 6) is -4.44. The molecule has 2 saturated carbocycles. The zero-order valence-electron chi connectivity index (χ0n) is 14.7. The third-order valence-corrected chi connectivity index (χ3v) is 9.72. The minimum atomic E-state index is -3.90. The van der Waals surface area contributed by atoms with Gasteiger partial charge in [-0.2, -0.15) is 4.40 Å². The molecule has 0 spiro atoms. The zero-order valence-corrected chi connectivity index (χ0v) is 22.0. The van der Waals surface area contributed by atoms with Crippen LogP contribution in [0.4, 0.5) is 0 Å². The Morgan fingerprint density at radius 2 is 1.97 bits per heavy atom. The van der Waals surface area contributed by atoms with E-state index in [2.05, 4.69) is 72.2 Å². The molecule has 12 heteroatoms. The molecule has 0 radical (unpaired) electrons. The minimum Gasteiger partial charge on any atom is -0.861 e. The number of rotatable bonds is 4. The highest BCUT2D eigenvalue weighted by molar-refractivity contribution is 14.1. The van der Waals surface area contributed by atoms with Gasteiger partial charge in [-0.15, -0.1) is 0 Å². The maximum atomic E-state index is 12.9. The molecule has 0 amide bonds. The maximum Gasteiger partial charge on any atom is 0.339 e. The van der Waals surface area contributed by atoms with E-state index in [1.54, 1.807) is 6.07 Å². The van der Waals surface area contributed by atoms with E-state index in [0.29, 0.717) is 12.0 Å². The van der Waals surface area contributed by atoms with E-state index in [1.807, 2.05) is 6.07 Å². The van der Waals surface area contributed by atoms with Gasteiger partial charge in [0.15, 0.2) is 0 Å². The number of carbonyl (C=O) groups excluding carboxylic acids is 2. The Morgan fingerprint density at radius 3 is 2.62 bits per heavy atom. The van der Waals surface area contributed by atoms with Gasteiger partial charge in [0, 0.05) is 28.5 Å². The van der Waals surface area contributed by atoms with Crippen LogP contribution in [0.2, 0.25) is 0 Å². The largest absolute Gasteiger partial charge is 0.861 e. The van der Waals surface area contributed by atoms with Gasteiger partial charge in [-0.1, -0.05) is 0 Å². The number of ether oxygens (including phenoxy) is 2. The first-order chi connectivity index (χ1) is 13.5. The summed E-state index contributed by atoms with van der Waals surface area (Å²) in [4.78, 5) is 25.2. The number of nitrogens with zero attached hydrogens (tertiary/aromatic N) is 1. The van der Waals surface area contributed by atoms with Crippen molar-refractivity contribution in [1.29, 1.82) is 0 Å². The van der Waals surface area contributed by atoms with Crippen molar-refractivity contribution >= 4 is 95.6 Å². The summed E-state index contributed by atoms with van der Waals surface area (Å²) in [6.07, 6.45) is -0.129. The van der Waals surface area contributed by atoms with Gasteiger partial charge >= 0.3 is 11.9 Å². The average Bonchev–Trinajstić information content (AvgIpc) is 3.19. The summed E-state index contributed by atoms with van der Waals surface area (Å²) in [6.45, 7) is 0. The number of fused-ring (bicyclic) bond motifs is 1. The smallest absolute Gasteiger partial charge is 0.339 e. The minimum absolute atomic E-state index is 0.274. The second-order valence-electron chi connectivity index (χ2n) is 7.30. The van der Waals surface area contributed by atoms with Gasteiger partial charge in [0.05, 0.1) is 17.7 Å². The van der Waals surface area contributed by atoms with Crippen molar-refractivity contribution in [1.82, 2.24) is 0 Å². The van der Waals surface area contributed by atoms with Crippen molar-refractivity contribution in [2.75, 3.05) is 6.26 Å². The van der Waals surface area contributed by atoms with Gasteiger partial charge in [-0.25, -0.2) is 13.2 Å². The van der Waals surface area contributed by atoms with Gasteiger partial charge in [0.2, 0.25) is 10.0 Å². The number of benzene rings is 1. The summed E-state index contributed by atoms with van der Waals surface area (Å²) in [5, 5.41) is 12.5. The molecule has 1 aromatic carbocycles. The number of esters is 2. The molecule has 1 aromatic rings. The normalized spacial score (nSPS) is 33.1. The summed E-state index contributed by atoms with van der Waals surface area (Å²) in [6, 6.07) is 3.65. The molecule has 6 unspecified atom stereocenters. The molecule has 2 bridgehead atoms. The average molecular weight is 756 g/mol. The van der Waals surface area contributed by atoms with E-state index in [0.717, 1.165) is 17.0 Å². The Hall–Kier alpha value is -0.230.